The van der Waals surface area contributed by atoms with Gasteiger partial charge in [0.25, 0.3) is 0 Å². The van der Waals surface area contributed by atoms with E-state index in [2.05, 4.69) is 0 Å². The average Bonchev–Trinajstić information content (AvgIpc) is 2.94. The Kier molecular flexibility index (Phi) is 9.11. The SMILES string of the molecule is O=C(O)CCC/C=C/C[C@H]1C(=O)C[C@@H](O)[C@@H]1/C=C\[C@@H](O)CCc1ccccc1. The van der Waals surface area contributed by atoms with Crippen LogP contribution < -0.4 is 0 Å². The topological polar surface area (TPSA) is 94.8 Å². The van der Waals surface area contributed by atoms with Crippen LogP contribution in [0.3, 0.4) is 0 Å². The Bertz CT molecular complexity index is 679. The van der Waals surface area contributed by atoms with Gasteiger partial charge in [0.1, 0.15) is 5.78 Å². The molecule has 5 heteroatoms. The number of ketones is 1. The van der Waals surface area contributed by atoms with Gasteiger partial charge in [0.05, 0.1) is 12.2 Å². The lowest BCUT2D eigenvalue weighted by Gasteiger charge is -2.16. The highest BCUT2D eigenvalue weighted by Crippen LogP contribution is 2.33. The number of allylic oxidation sites excluding steroid dienone is 2. The van der Waals surface area contributed by atoms with Crippen LogP contribution in [-0.2, 0) is 16.0 Å². The summed E-state index contributed by atoms with van der Waals surface area (Å²) in [5.41, 5.74) is 1.16. The van der Waals surface area contributed by atoms with Crippen molar-refractivity contribution < 1.29 is 24.9 Å². The summed E-state index contributed by atoms with van der Waals surface area (Å²) in [7, 11) is 0. The average molecular weight is 386 g/mol. The van der Waals surface area contributed by atoms with E-state index in [1.54, 1.807) is 12.2 Å². The van der Waals surface area contributed by atoms with E-state index in [9.17, 15) is 19.8 Å². The van der Waals surface area contributed by atoms with Gasteiger partial charge in [0.15, 0.2) is 0 Å². The highest BCUT2D eigenvalue weighted by atomic mass is 16.4. The number of aliphatic carboxylic acids is 1. The minimum atomic E-state index is -0.807. The lowest BCUT2D eigenvalue weighted by atomic mass is 9.90. The van der Waals surface area contributed by atoms with Crippen LogP contribution in [0.25, 0.3) is 0 Å². The van der Waals surface area contributed by atoms with E-state index in [0.717, 1.165) is 12.0 Å². The number of carboxylic acids is 1. The van der Waals surface area contributed by atoms with Gasteiger partial charge in [0.2, 0.25) is 0 Å². The molecule has 0 aromatic heterocycles. The molecule has 0 radical (unpaired) electrons. The van der Waals surface area contributed by atoms with Gasteiger partial charge in [-0.25, -0.2) is 0 Å². The summed E-state index contributed by atoms with van der Waals surface area (Å²) in [5.74, 6) is -1.35. The second-order valence-corrected chi connectivity index (χ2v) is 7.39. The van der Waals surface area contributed by atoms with E-state index < -0.39 is 18.2 Å². The van der Waals surface area contributed by atoms with Crippen LogP contribution in [0, 0.1) is 11.8 Å². The Balaban J connectivity index is 1.82. The summed E-state index contributed by atoms with van der Waals surface area (Å²) in [6, 6.07) is 9.94. The number of carboxylic acid groups (broad SMARTS) is 1. The molecule has 1 aromatic rings. The molecule has 2 rings (SSSR count). The van der Waals surface area contributed by atoms with Crippen LogP contribution >= 0.6 is 0 Å². The van der Waals surface area contributed by atoms with Crippen LogP contribution in [0.5, 0.6) is 0 Å². The molecular weight excluding hydrogens is 356 g/mol. The molecule has 0 unspecified atom stereocenters. The zero-order valence-electron chi connectivity index (χ0n) is 16.1. The highest BCUT2D eigenvalue weighted by Gasteiger charge is 2.39. The maximum atomic E-state index is 12.2. The van der Waals surface area contributed by atoms with E-state index >= 15 is 0 Å². The summed E-state index contributed by atoms with van der Waals surface area (Å²) in [6.45, 7) is 0. The summed E-state index contributed by atoms with van der Waals surface area (Å²) >= 11 is 0. The minimum absolute atomic E-state index is 0.0381. The molecule has 3 N–H and O–H groups in total. The molecule has 5 nitrogen and oxygen atoms in total. The maximum absolute atomic E-state index is 12.2. The maximum Gasteiger partial charge on any atom is 0.303 e. The monoisotopic (exact) mass is 386 g/mol. The molecule has 0 bridgehead atoms. The Morgan fingerprint density at radius 3 is 2.68 bits per heavy atom. The van der Waals surface area contributed by atoms with Crippen molar-refractivity contribution in [3.8, 4) is 0 Å². The number of Topliss-reactive ketones (excluding diaryl/α,β-unsaturated/α-hetero) is 1. The molecule has 1 aliphatic carbocycles. The first-order chi connectivity index (χ1) is 13.5. The third kappa shape index (κ3) is 7.41. The number of unbranched alkanes of at least 4 members (excludes halogenated alkanes) is 1. The Morgan fingerprint density at radius 2 is 1.96 bits per heavy atom. The van der Waals surface area contributed by atoms with Crippen molar-refractivity contribution in [2.45, 2.75) is 57.2 Å². The summed E-state index contributed by atoms with van der Waals surface area (Å²) in [4.78, 5) is 22.7. The van der Waals surface area contributed by atoms with Gasteiger partial charge in [0, 0.05) is 24.7 Å². The van der Waals surface area contributed by atoms with Crippen LogP contribution in [0.15, 0.2) is 54.6 Å². The molecule has 1 aliphatic rings. The molecule has 152 valence electrons. The quantitative estimate of drug-likeness (QED) is 0.401. The van der Waals surface area contributed by atoms with Crippen molar-refractivity contribution in [2.75, 3.05) is 0 Å². The number of hydrogen-bond acceptors (Lipinski definition) is 4. The number of carbonyl (C=O) groups excluding carboxylic acids is 1. The molecule has 4 atom stereocenters. The lowest BCUT2D eigenvalue weighted by Crippen LogP contribution is -2.19. The molecular formula is C23H30O5. The number of benzene rings is 1. The van der Waals surface area contributed by atoms with Crippen LogP contribution in [0.1, 0.15) is 44.1 Å². The molecule has 28 heavy (non-hydrogen) atoms. The molecule has 0 spiro atoms. The Hall–Kier alpha value is -2.24. The number of aliphatic hydroxyl groups is 2. The van der Waals surface area contributed by atoms with Gasteiger partial charge in [-0.1, -0.05) is 54.6 Å². The van der Waals surface area contributed by atoms with Crippen molar-refractivity contribution in [3.63, 3.8) is 0 Å². The number of aryl methyl sites for hydroxylation is 1. The molecule has 1 aromatic carbocycles. The van der Waals surface area contributed by atoms with Crippen LogP contribution in [-0.4, -0.2) is 39.3 Å². The molecule has 0 heterocycles. The third-order valence-electron chi connectivity index (χ3n) is 5.18. The van der Waals surface area contributed by atoms with Gasteiger partial charge in [-0.2, -0.15) is 0 Å². The molecule has 1 saturated carbocycles. The van der Waals surface area contributed by atoms with Crippen molar-refractivity contribution in [1.82, 2.24) is 0 Å². The lowest BCUT2D eigenvalue weighted by molar-refractivity contribution is -0.137. The van der Waals surface area contributed by atoms with E-state index in [0.29, 0.717) is 25.7 Å². The van der Waals surface area contributed by atoms with Gasteiger partial charge >= 0.3 is 5.97 Å². The van der Waals surface area contributed by atoms with Gasteiger partial charge in [-0.15, -0.1) is 0 Å². The van der Waals surface area contributed by atoms with Crippen molar-refractivity contribution in [2.24, 2.45) is 11.8 Å². The van der Waals surface area contributed by atoms with Crippen molar-refractivity contribution in [1.29, 1.82) is 0 Å². The molecule has 1 fully saturated rings. The van der Waals surface area contributed by atoms with E-state index in [1.165, 1.54) is 0 Å². The minimum Gasteiger partial charge on any atom is -0.481 e. The first-order valence-corrected chi connectivity index (χ1v) is 9.95. The Morgan fingerprint density at radius 1 is 1.21 bits per heavy atom. The van der Waals surface area contributed by atoms with Crippen LogP contribution in [0.4, 0.5) is 0 Å². The summed E-state index contributed by atoms with van der Waals surface area (Å²) in [5, 5.41) is 29.0. The first-order valence-electron chi connectivity index (χ1n) is 9.95. The molecule has 0 amide bonds. The second-order valence-electron chi connectivity index (χ2n) is 7.39. The van der Waals surface area contributed by atoms with Crippen LogP contribution in [0.2, 0.25) is 0 Å². The number of carbonyl (C=O) groups is 2. The standard InChI is InChI=1S/C23H30O5/c24-18(13-12-17-8-4-3-5-9-17)14-15-20-19(21(25)16-22(20)26)10-6-1-2-7-11-23(27)28/h1,3-6,8-9,14-15,18-20,22,24,26H,2,7,10-13,16H2,(H,27,28)/b6-1+,15-14-/t18-,19+,20+,22+/m0/s1. The fourth-order valence-corrected chi connectivity index (χ4v) is 3.57. The zero-order valence-corrected chi connectivity index (χ0v) is 16.1. The largest absolute Gasteiger partial charge is 0.481 e. The normalized spacial score (nSPS) is 23.6. The van der Waals surface area contributed by atoms with Gasteiger partial charge in [-0.3, -0.25) is 9.59 Å². The second kappa shape index (κ2) is 11.6. The van der Waals surface area contributed by atoms with E-state index in [1.807, 2.05) is 42.5 Å². The van der Waals surface area contributed by atoms with Gasteiger partial charge < -0.3 is 15.3 Å². The zero-order chi connectivity index (χ0) is 20.4. The predicted molar refractivity (Wildman–Crippen MR) is 108 cm³/mol. The van der Waals surface area contributed by atoms with Crippen molar-refractivity contribution in [3.05, 3.63) is 60.2 Å². The number of rotatable bonds is 11. The smallest absolute Gasteiger partial charge is 0.303 e. The molecule has 0 saturated heterocycles. The fraction of sp³-hybridized carbons (Fsp3) is 0.478. The van der Waals surface area contributed by atoms with Crippen molar-refractivity contribution >= 4 is 11.8 Å². The number of aliphatic hydroxyl groups excluding tert-OH is 2. The van der Waals surface area contributed by atoms with Gasteiger partial charge in [-0.05, 0) is 37.7 Å². The Labute approximate surface area is 166 Å². The molecule has 0 aliphatic heterocycles. The number of hydrogen-bond donors (Lipinski definition) is 3. The summed E-state index contributed by atoms with van der Waals surface area (Å²) < 4.78 is 0. The van der Waals surface area contributed by atoms with E-state index in [-0.39, 0.29) is 30.5 Å². The van der Waals surface area contributed by atoms with E-state index in [4.69, 9.17) is 5.11 Å². The fourth-order valence-electron chi connectivity index (χ4n) is 3.57. The summed E-state index contributed by atoms with van der Waals surface area (Å²) in [6.07, 6.45) is 9.34. The predicted octanol–water partition coefficient (Wildman–Crippen LogP) is 3.30. The highest BCUT2D eigenvalue weighted by molar-refractivity contribution is 5.84. The first kappa shape index (κ1) is 22.1. The third-order valence-corrected chi connectivity index (χ3v) is 5.18.